The number of hydrogen-bond acceptors (Lipinski definition) is 0. The monoisotopic (exact) mass is 398 g/mol. The van der Waals surface area contributed by atoms with E-state index in [1.54, 1.807) is 12.1 Å². The van der Waals surface area contributed by atoms with Gasteiger partial charge < -0.3 is 0 Å². The van der Waals surface area contributed by atoms with Crippen LogP contribution in [0.3, 0.4) is 0 Å². The molecule has 5 heteroatoms. The summed E-state index contributed by atoms with van der Waals surface area (Å²) in [6.45, 7) is 0. The molecule has 0 radical (unpaired) electrons. The first-order valence-corrected chi connectivity index (χ1v) is 9.06. The number of hydrogen-bond donors (Lipinski definition) is 0. The number of allylic oxidation sites excluding steroid dienone is 1. The maximum atomic E-state index is 12.6. The van der Waals surface area contributed by atoms with Gasteiger partial charge in [0, 0.05) is 0 Å². The molecule has 1 aliphatic heterocycles. The van der Waals surface area contributed by atoms with Gasteiger partial charge in [0.2, 0.25) is 0 Å². The Kier molecular flexibility index (Phi) is 4.80. The maximum absolute atomic E-state index is 12.6. The Balaban J connectivity index is 2.33. The Bertz CT molecular complexity index is 445. The molecule has 1 fully saturated rings. The fourth-order valence-corrected chi connectivity index (χ4v) is 6.24. The Hall–Kier alpha value is -0.251. The van der Waals surface area contributed by atoms with Crippen molar-refractivity contribution in [2.75, 3.05) is 0 Å². The van der Waals surface area contributed by atoms with Gasteiger partial charge in [-0.05, 0) is 0 Å². The summed E-state index contributed by atoms with van der Waals surface area (Å²) in [5.41, 5.74) is 0.438. The molecule has 0 nitrogen and oxygen atoms in total. The van der Waals surface area contributed by atoms with Crippen LogP contribution in [0.15, 0.2) is 35.3 Å². The van der Waals surface area contributed by atoms with Crippen molar-refractivity contribution in [3.05, 3.63) is 46.5 Å². The van der Waals surface area contributed by atoms with Crippen LogP contribution in [0.2, 0.25) is 5.32 Å². The summed E-state index contributed by atoms with van der Waals surface area (Å²) in [7, 11) is 0. The zero-order valence-corrected chi connectivity index (χ0v) is 13.5. The number of alkyl halides is 3. The SMILES string of the molecule is FC(F)(F)c1ccc(C2(C=CBr)CCCC[Se]2)cc1. The van der Waals surface area contributed by atoms with Crippen LogP contribution in [0.5, 0.6) is 0 Å². The molecule has 1 saturated heterocycles. The van der Waals surface area contributed by atoms with Gasteiger partial charge >= 0.3 is 126 Å². The third-order valence-corrected chi connectivity index (χ3v) is 6.92. The predicted molar refractivity (Wildman–Crippen MR) is 75.6 cm³/mol. The summed E-state index contributed by atoms with van der Waals surface area (Å²) in [6.07, 6.45) is 1.25. The molecule has 0 saturated carbocycles. The zero-order valence-electron chi connectivity index (χ0n) is 10.2. The molecule has 0 amide bonds. The van der Waals surface area contributed by atoms with Crippen LogP contribution < -0.4 is 0 Å². The van der Waals surface area contributed by atoms with Crippen molar-refractivity contribution in [2.45, 2.75) is 35.1 Å². The third-order valence-electron chi connectivity index (χ3n) is 3.34. The Morgan fingerprint density at radius 3 is 2.32 bits per heavy atom. The van der Waals surface area contributed by atoms with E-state index < -0.39 is 11.7 Å². The molecule has 0 bridgehead atoms. The molecule has 0 N–H and O–H groups in total. The van der Waals surface area contributed by atoms with Crippen LogP contribution in [-0.2, 0) is 10.5 Å². The van der Waals surface area contributed by atoms with Gasteiger partial charge in [-0.15, -0.1) is 0 Å². The summed E-state index contributed by atoms with van der Waals surface area (Å²) in [4.78, 5) is 1.84. The second-order valence-electron chi connectivity index (χ2n) is 4.56. The zero-order chi connectivity index (χ0) is 13.9. The number of rotatable bonds is 2. The van der Waals surface area contributed by atoms with Crippen LogP contribution in [0, 0.1) is 0 Å². The molecule has 104 valence electrons. The molecule has 1 aromatic carbocycles. The molecule has 1 aliphatic rings. The van der Waals surface area contributed by atoms with E-state index in [0.29, 0.717) is 15.0 Å². The average Bonchev–Trinajstić information content (AvgIpc) is 2.39. The molecule has 0 aliphatic carbocycles. The summed E-state index contributed by atoms with van der Waals surface area (Å²) >= 11 is 3.71. The van der Waals surface area contributed by atoms with E-state index in [-0.39, 0.29) is 4.31 Å². The predicted octanol–water partition coefficient (Wildman–Crippen LogP) is 5.12. The molecule has 1 unspecified atom stereocenters. The van der Waals surface area contributed by atoms with Crippen LogP contribution in [-0.4, -0.2) is 15.0 Å². The second kappa shape index (κ2) is 6.02. The van der Waals surface area contributed by atoms with Gasteiger partial charge in [-0.3, -0.25) is 0 Å². The normalized spacial score (nSPS) is 24.8. The number of benzene rings is 1. The molecule has 1 heterocycles. The topological polar surface area (TPSA) is 0 Å². The van der Waals surface area contributed by atoms with Crippen LogP contribution in [0.1, 0.15) is 30.4 Å². The van der Waals surface area contributed by atoms with Gasteiger partial charge in [0.1, 0.15) is 0 Å². The van der Waals surface area contributed by atoms with E-state index in [2.05, 4.69) is 22.0 Å². The van der Waals surface area contributed by atoms with Crippen molar-refractivity contribution in [3.63, 3.8) is 0 Å². The summed E-state index contributed by atoms with van der Waals surface area (Å²) in [5.74, 6) is 0. The van der Waals surface area contributed by atoms with Crippen molar-refractivity contribution in [1.29, 1.82) is 0 Å². The minimum absolute atomic E-state index is 0.0428. The minimum atomic E-state index is -4.26. The summed E-state index contributed by atoms with van der Waals surface area (Å²) in [5, 5.41) is 1.19. The first-order valence-electron chi connectivity index (χ1n) is 6.07. The molecule has 0 aromatic heterocycles. The third kappa shape index (κ3) is 3.44. The van der Waals surface area contributed by atoms with E-state index in [1.807, 2.05) is 4.99 Å². The van der Waals surface area contributed by atoms with Gasteiger partial charge in [-0.25, -0.2) is 0 Å². The Morgan fingerprint density at radius 2 is 1.84 bits per heavy atom. The average molecular weight is 398 g/mol. The van der Waals surface area contributed by atoms with E-state index >= 15 is 0 Å². The summed E-state index contributed by atoms with van der Waals surface area (Å²) < 4.78 is 37.7. The van der Waals surface area contributed by atoms with E-state index in [4.69, 9.17) is 0 Å². The first-order chi connectivity index (χ1) is 8.98. The van der Waals surface area contributed by atoms with Crippen molar-refractivity contribution in [2.24, 2.45) is 0 Å². The molecular formula is C14H14BrF3Se. The summed E-state index contributed by atoms with van der Waals surface area (Å²) in [6, 6.07) is 5.68. The fourth-order valence-electron chi connectivity index (χ4n) is 2.31. The Morgan fingerprint density at radius 1 is 1.16 bits per heavy atom. The van der Waals surface area contributed by atoms with Crippen molar-refractivity contribution < 1.29 is 13.2 Å². The molecule has 1 atom stereocenters. The Labute approximate surface area is 125 Å². The van der Waals surface area contributed by atoms with Gasteiger partial charge in [-0.2, -0.15) is 0 Å². The fraction of sp³-hybridized carbons (Fsp3) is 0.429. The van der Waals surface area contributed by atoms with Gasteiger partial charge in [0.15, 0.2) is 0 Å². The molecule has 2 rings (SSSR count). The van der Waals surface area contributed by atoms with Gasteiger partial charge in [0.25, 0.3) is 0 Å². The van der Waals surface area contributed by atoms with E-state index in [0.717, 1.165) is 18.4 Å². The quantitative estimate of drug-likeness (QED) is 0.608. The number of halogens is 4. The molecule has 1 aromatic rings. The van der Waals surface area contributed by atoms with Crippen LogP contribution in [0.4, 0.5) is 13.2 Å². The first kappa shape index (κ1) is 15.1. The van der Waals surface area contributed by atoms with Crippen LogP contribution in [0.25, 0.3) is 0 Å². The molecule has 19 heavy (non-hydrogen) atoms. The van der Waals surface area contributed by atoms with Crippen molar-refractivity contribution in [1.82, 2.24) is 0 Å². The van der Waals surface area contributed by atoms with Crippen LogP contribution >= 0.6 is 15.9 Å². The van der Waals surface area contributed by atoms with E-state index in [1.165, 1.54) is 23.9 Å². The van der Waals surface area contributed by atoms with E-state index in [9.17, 15) is 13.2 Å². The van der Waals surface area contributed by atoms with Gasteiger partial charge in [0.05, 0.1) is 0 Å². The molecular weight excluding hydrogens is 384 g/mol. The standard InChI is InChI=1S/C14H14BrF3Se/c15-9-8-13(7-1-2-10-19-13)11-3-5-12(6-4-11)14(16,17)18/h3-6,8-9H,1-2,7,10H2. The van der Waals surface area contributed by atoms with Crippen molar-refractivity contribution >= 4 is 30.9 Å². The molecule has 0 spiro atoms. The second-order valence-corrected chi connectivity index (χ2v) is 8.08. The van der Waals surface area contributed by atoms with Gasteiger partial charge in [-0.1, -0.05) is 0 Å². The van der Waals surface area contributed by atoms with Crippen molar-refractivity contribution in [3.8, 4) is 0 Å².